The first kappa shape index (κ1) is 11.8. The molecule has 2 heterocycles. The van der Waals surface area contributed by atoms with Crippen LogP contribution < -0.4 is 5.32 Å². The third-order valence-electron chi connectivity index (χ3n) is 3.63. The molecule has 0 spiro atoms. The summed E-state index contributed by atoms with van der Waals surface area (Å²) in [5, 5.41) is 4.75. The van der Waals surface area contributed by atoms with Gasteiger partial charge in [-0.25, -0.2) is 0 Å². The first-order valence-electron chi connectivity index (χ1n) is 6.44. The number of pyridine rings is 1. The molecule has 0 radical (unpaired) electrons. The second kappa shape index (κ2) is 4.76. The third-order valence-corrected chi connectivity index (χ3v) is 3.63. The van der Waals surface area contributed by atoms with Gasteiger partial charge in [0.25, 0.3) is 0 Å². The van der Waals surface area contributed by atoms with Crippen LogP contribution in [-0.4, -0.2) is 9.55 Å². The van der Waals surface area contributed by atoms with E-state index in [1.165, 1.54) is 22.2 Å². The van der Waals surface area contributed by atoms with Crippen molar-refractivity contribution in [2.45, 2.75) is 13.5 Å². The molecular formula is C16H17N3. The molecule has 0 amide bonds. The third kappa shape index (κ3) is 2.08. The fraction of sp³-hybridized carbons (Fsp3) is 0.188. The van der Waals surface area contributed by atoms with Crippen LogP contribution in [0.1, 0.15) is 11.3 Å². The van der Waals surface area contributed by atoms with E-state index in [0.29, 0.717) is 0 Å². The number of aryl methyl sites for hydroxylation is 2. The van der Waals surface area contributed by atoms with Gasteiger partial charge in [0.1, 0.15) is 0 Å². The van der Waals surface area contributed by atoms with E-state index in [4.69, 9.17) is 0 Å². The van der Waals surface area contributed by atoms with E-state index in [-0.39, 0.29) is 0 Å². The SMILES string of the molecule is Cc1c(CNc2cccnc2)n(C)c2ccccc12. The molecular weight excluding hydrogens is 234 g/mol. The van der Waals surface area contributed by atoms with Crippen molar-refractivity contribution in [3.63, 3.8) is 0 Å². The van der Waals surface area contributed by atoms with Crippen LogP contribution in [0.5, 0.6) is 0 Å². The van der Waals surface area contributed by atoms with Gasteiger partial charge in [0, 0.05) is 36.0 Å². The van der Waals surface area contributed by atoms with E-state index >= 15 is 0 Å². The van der Waals surface area contributed by atoms with Crippen molar-refractivity contribution >= 4 is 16.6 Å². The predicted molar refractivity (Wildman–Crippen MR) is 79.2 cm³/mol. The van der Waals surface area contributed by atoms with E-state index in [9.17, 15) is 0 Å². The number of rotatable bonds is 3. The Kier molecular flexibility index (Phi) is 2.95. The van der Waals surface area contributed by atoms with Crippen LogP contribution in [0.3, 0.4) is 0 Å². The van der Waals surface area contributed by atoms with Gasteiger partial charge < -0.3 is 9.88 Å². The first-order chi connectivity index (χ1) is 9.27. The minimum Gasteiger partial charge on any atom is -0.378 e. The fourth-order valence-corrected chi connectivity index (χ4v) is 2.54. The van der Waals surface area contributed by atoms with Gasteiger partial charge in [-0.1, -0.05) is 18.2 Å². The summed E-state index contributed by atoms with van der Waals surface area (Å²) < 4.78 is 2.26. The van der Waals surface area contributed by atoms with Crippen molar-refractivity contribution in [2.75, 3.05) is 5.32 Å². The quantitative estimate of drug-likeness (QED) is 0.772. The number of nitrogens with zero attached hydrogens (tertiary/aromatic N) is 2. The van der Waals surface area contributed by atoms with E-state index in [2.05, 4.69) is 53.1 Å². The highest BCUT2D eigenvalue weighted by atomic mass is 15.0. The van der Waals surface area contributed by atoms with Gasteiger partial charge in [0.2, 0.25) is 0 Å². The summed E-state index contributed by atoms with van der Waals surface area (Å²) >= 11 is 0. The molecule has 0 bridgehead atoms. The Morgan fingerprint density at radius 1 is 1.16 bits per heavy atom. The molecule has 3 heteroatoms. The molecule has 0 saturated carbocycles. The van der Waals surface area contributed by atoms with Crippen molar-refractivity contribution < 1.29 is 0 Å². The van der Waals surface area contributed by atoms with Crippen LogP contribution in [0.2, 0.25) is 0 Å². The molecule has 0 aliphatic rings. The van der Waals surface area contributed by atoms with E-state index < -0.39 is 0 Å². The van der Waals surface area contributed by atoms with Crippen molar-refractivity contribution in [3.8, 4) is 0 Å². The van der Waals surface area contributed by atoms with Crippen LogP contribution in [0.25, 0.3) is 10.9 Å². The molecule has 3 aromatic rings. The average molecular weight is 251 g/mol. The Balaban J connectivity index is 1.93. The second-order valence-electron chi connectivity index (χ2n) is 4.74. The zero-order valence-electron chi connectivity index (χ0n) is 11.2. The van der Waals surface area contributed by atoms with Gasteiger partial charge in [-0.2, -0.15) is 0 Å². The van der Waals surface area contributed by atoms with Crippen molar-refractivity contribution in [2.24, 2.45) is 7.05 Å². The summed E-state index contributed by atoms with van der Waals surface area (Å²) in [6, 6.07) is 12.5. The van der Waals surface area contributed by atoms with E-state index in [1.54, 1.807) is 6.20 Å². The summed E-state index contributed by atoms with van der Waals surface area (Å²) in [7, 11) is 2.12. The lowest BCUT2D eigenvalue weighted by molar-refractivity contribution is 0.862. The van der Waals surface area contributed by atoms with Crippen LogP contribution in [-0.2, 0) is 13.6 Å². The van der Waals surface area contributed by atoms with Gasteiger partial charge in [0.05, 0.1) is 12.2 Å². The van der Waals surface area contributed by atoms with E-state index in [0.717, 1.165) is 12.2 Å². The van der Waals surface area contributed by atoms with Crippen LogP contribution in [0.4, 0.5) is 5.69 Å². The number of hydrogen-bond acceptors (Lipinski definition) is 2. The van der Waals surface area contributed by atoms with E-state index in [1.807, 2.05) is 18.3 Å². The standard InChI is InChI=1S/C16H17N3/c1-12-14-7-3-4-8-15(14)19(2)16(12)11-18-13-6-5-9-17-10-13/h3-10,18H,11H2,1-2H3. The normalized spacial score (nSPS) is 10.8. The van der Waals surface area contributed by atoms with Gasteiger partial charge in [-0.15, -0.1) is 0 Å². The molecule has 0 aliphatic carbocycles. The monoisotopic (exact) mass is 251 g/mol. The lowest BCUT2D eigenvalue weighted by atomic mass is 10.1. The first-order valence-corrected chi connectivity index (χ1v) is 6.44. The maximum Gasteiger partial charge on any atom is 0.0556 e. The highest BCUT2D eigenvalue weighted by Crippen LogP contribution is 2.24. The molecule has 0 fully saturated rings. The lowest BCUT2D eigenvalue weighted by Crippen LogP contribution is -2.05. The topological polar surface area (TPSA) is 29.9 Å². The maximum atomic E-state index is 4.12. The number of hydrogen-bond donors (Lipinski definition) is 1. The number of anilines is 1. The number of nitrogens with one attached hydrogen (secondary N) is 1. The Bertz CT molecular complexity index is 660. The molecule has 3 rings (SSSR count). The van der Waals surface area contributed by atoms with Gasteiger partial charge >= 0.3 is 0 Å². The zero-order chi connectivity index (χ0) is 13.2. The zero-order valence-corrected chi connectivity index (χ0v) is 11.2. The molecule has 0 atom stereocenters. The Hall–Kier alpha value is -2.29. The lowest BCUT2D eigenvalue weighted by Gasteiger charge is -2.08. The summed E-state index contributed by atoms with van der Waals surface area (Å²) in [4.78, 5) is 4.12. The highest BCUT2D eigenvalue weighted by Gasteiger charge is 2.10. The molecule has 3 nitrogen and oxygen atoms in total. The van der Waals surface area contributed by atoms with Gasteiger partial charge in [0.15, 0.2) is 0 Å². The van der Waals surface area contributed by atoms with Crippen LogP contribution in [0.15, 0.2) is 48.8 Å². The number of aromatic nitrogens is 2. The maximum absolute atomic E-state index is 4.12. The second-order valence-corrected chi connectivity index (χ2v) is 4.74. The molecule has 1 aromatic carbocycles. The highest BCUT2D eigenvalue weighted by molar-refractivity contribution is 5.85. The Morgan fingerprint density at radius 3 is 2.74 bits per heavy atom. The number of para-hydroxylation sites is 1. The minimum atomic E-state index is 0.808. The van der Waals surface area contributed by atoms with Crippen LogP contribution >= 0.6 is 0 Å². The largest absolute Gasteiger partial charge is 0.378 e. The molecule has 96 valence electrons. The van der Waals surface area contributed by atoms with Crippen molar-refractivity contribution in [1.29, 1.82) is 0 Å². The predicted octanol–water partition coefficient (Wildman–Crippen LogP) is 3.49. The fourth-order valence-electron chi connectivity index (χ4n) is 2.54. The smallest absolute Gasteiger partial charge is 0.0556 e. The Morgan fingerprint density at radius 2 is 2.00 bits per heavy atom. The van der Waals surface area contributed by atoms with Crippen LogP contribution in [0, 0.1) is 6.92 Å². The molecule has 0 saturated heterocycles. The molecule has 19 heavy (non-hydrogen) atoms. The van der Waals surface area contributed by atoms with Crippen molar-refractivity contribution in [1.82, 2.24) is 9.55 Å². The van der Waals surface area contributed by atoms with Crippen molar-refractivity contribution in [3.05, 3.63) is 60.0 Å². The number of fused-ring (bicyclic) bond motifs is 1. The summed E-state index contributed by atoms with van der Waals surface area (Å²) in [6.45, 7) is 2.99. The average Bonchev–Trinajstić information content (AvgIpc) is 2.71. The number of benzene rings is 1. The summed E-state index contributed by atoms with van der Waals surface area (Å²) in [5.41, 5.74) is 4.98. The summed E-state index contributed by atoms with van der Waals surface area (Å²) in [5.74, 6) is 0. The summed E-state index contributed by atoms with van der Waals surface area (Å²) in [6.07, 6.45) is 3.63. The minimum absolute atomic E-state index is 0.808. The molecule has 0 aliphatic heterocycles. The van der Waals surface area contributed by atoms with Gasteiger partial charge in [-0.05, 0) is 30.7 Å². The Labute approximate surface area is 112 Å². The van der Waals surface area contributed by atoms with Gasteiger partial charge in [-0.3, -0.25) is 4.98 Å². The molecule has 2 aromatic heterocycles. The molecule has 1 N–H and O–H groups in total. The molecule has 0 unspecified atom stereocenters.